The van der Waals surface area contributed by atoms with Crippen molar-refractivity contribution < 1.29 is 18.3 Å². The number of hydrogen-bond acceptors (Lipinski definition) is 4. The number of ether oxygens (including phenoxy) is 1. The summed E-state index contributed by atoms with van der Waals surface area (Å²) in [6, 6.07) is 0.404. The molecule has 17 heavy (non-hydrogen) atoms. The quantitative estimate of drug-likeness (QED) is 0.743. The van der Waals surface area contributed by atoms with E-state index in [1.54, 1.807) is 0 Å². The van der Waals surface area contributed by atoms with Gasteiger partial charge in [-0.3, -0.25) is 4.90 Å². The van der Waals surface area contributed by atoms with Crippen molar-refractivity contribution in [3.05, 3.63) is 0 Å². The molecule has 2 aliphatic rings. The van der Waals surface area contributed by atoms with E-state index in [9.17, 15) is 13.6 Å². The second-order valence-electron chi connectivity index (χ2n) is 4.82. The number of esters is 1. The molecule has 2 fully saturated rings. The fourth-order valence-electron chi connectivity index (χ4n) is 2.50. The van der Waals surface area contributed by atoms with E-state index in [1.165, 1.54) is 0 Å². The largest absolute Gasteiger partial charge is 0.456 e. The molecule has 2 rings (SSSR count). The normalized spacial score (nSPS) is 33.7. The predicted molar refractivity (Wildman–Crippen MR) is 58.0 cm³/mol. The lowest BCUT2D eigenvalue weighted by molar-refractivity contribution is -0.159. The number of carbonyl (C=O) groups is 1. The summed E-state index contributed by atoms with van der Waals surface area (Å²) in [6.07, 6.45) is 1.01. The van der Waals surface area contributed by atoms with Gasteiger partial charge < -0.3 is 10.1 Å². The first-order valence-electron chi connectivity index (χ1n) is 6.00. The monoisotopic (exact) mass is 248 g/mol. The van der Waals surface area contributed by atoms with Crippen molar-refractivity contribution in [3.8, 4) is 0 Å². The first-order valence-corrected chi connectivity index (χ1v) is 6.00. The molecule has 0 amide bonds. The maximum absolute atomic E-state index is 13.0. The van der Waals surface area contributed by atoms with Crippen molar-refractivity contribution >= 4 is 5.97 Å². The number of halogens is 2. The average molecular weight is 248 g/mol. The number of nitrogens with zero attached hydrogens (tertiary/aromatic N) is 1. The zero-order valence-electron chi connectivity index (χ0n) is 9.92. The van der Waals surface area contributed by atoms with E-state index in [-0.39, 0.29) is 0 Å². The summed E-state index contributed by atoms with van der Waals surface area (Å²) in [5.41, 5.74) is 0. The second kappa shape index (κ2) is 4.86. The van der Waals surface area contributed by atoms with Crippen molar-refractivity contribution in [1.82, 2.24) is 10.2 Å². The minimum absolute atomic E-state index is 0.404. The Morgan fingerprint density at radius 3 is 2.94 bits per heavy atom. The van der Waals surface area contributed by atoms with Crippen LogP contribution in [0.1, 0.15) is 19.3 Å². The van der Waals surface area contributed by atoms with Crippen molar-refractivity contribution in [2.45, 2.75) is 37.3 Å². The van der Waals surface area contributed by atoms with Gasteiger partial charge in [-0.2, -0.15) is 8.78 Å². The van der Waals surface area contributed by atoms with E-state index in [0.717, 1.165) is 25.9 Å². The van der Waals surface area contributed by atoms with Crippen LogP contribution in [-0.4, -0.2) is 55.6 Å². The highest BCUT2D eigenvalue weighted by Gasteiger charge is 2.51. The van der Waals surface area contributed by atoms with Crippen LogP contribution in [0.25, 0.3) is 0 Å². The highest BCUT2D eigenvalue weighted by Crippen LogP contribution is 2.31. The first kappa shape index (κ1) is 12.7. The number of piperidine rings is 1. The highest BCUT2D eigenvalue weighted by atomic mass is 19.3. The molecule has 0 bridgehead atoms. The molecule has 2 saturated heterocycles. The Bertz CT molecular complexity index is 299. The van der Waals surface area contributed by atoms with Gasteiger partial charge in [0, 0.05) is 19.1 Å². The Balaban J connectivity index is 1.84. The van der Waals surface area contributed by atoms with Crippen molar-refractivity contribution in [1.29, 1.82) is 0 Å². The zero-order chi connectivity index (χ0) is 12.5. The first-order chi connectivity index (χ1) is 8.01. The maximum atomic E-state index is 13.0. The minimum atomic E-state index is -3.29. The molecule has 0 aliphatic carbocycles. The van der Waals surface area contributed by atoms with E-state index in [4.69, 9.17) is 4.74 Å². The SMILES string of the molecule is CNC1CCCN(CC2CC(F)(F)C(=O)O2)C1. The van der Waals surface area contributed by atoms with E-state index >= 15 is 0 Å². The van der Waals surface area contributed by atoms with Crippen LogP contribution in [0.5, 0.6) is 0 Å². The number of carbonyl (C=O) groups excluding carboxylic acids is 1. The van der Waals surface area contributed by atoms with Crippen LogP contribution in [-0.2, 0) is 9.53 Å². The molecule has 2 heterocycles. The van der Waals surface area contributed by atoms with E-state index in [0.29, 0.717) is 12.6 Å². The van der Waals surface area contributed by atoms with Crippen LogP contribution < -0.4 is 5.32 Å². The fraction of sp³-hybridized carbons (Fsp3) is 0.909. The third kappa shape index (κ3) is 2.93. The lowest BCUT2D eigenvalue weighted by Crippen LogP contribution is -2.46. The number of alkyl halides is 2. The lowest BCUT2D eigenvalue weighted by atomic mass is 10.0. The number of rotatable bonds is 3. The molecular weight excluding hydrogens is 230 g/mol. The third-order valence-electron chi connectivity index (χ3n) is 3.43. The van der Waals surface area contributed by atoms with Gasteiger partial charge in [0.2, 0.25) is 0 Å². The third-order valence-corrected chi connectivity index (χ3v) is 3.43. The number of cyclic esters (lactones) is 1. The highest BCUT2D eigenvalue weighted by molar-refractivity contribution is 5.79. The van der Waals surface area contributed by atoms with Crippen LogP contribution in [0, 0.1) is 0 Å². The average Bonchev–Trinajstić information content (AvgIpc) is 2.52. The van der Waals surface area contributed by atoms with Crippen LogP contribution >= 0.6 is 0 Å². The van der Waals surface area contributed by atoms with Crippen molar-refractivity contribution in [2.24, 2.45) is 0 Å². The van der Waals surface area contributed by atoms with Crippen LogP contribution in [0.4, 0.5) is 8.78 Å². The standard InChI is InChI=1S/C11H18F2N2O2/c1-14-8-3-2-4-15(6-8)7-9-5-11(12,13)10(16)17-9/h8-9,14H,2-7H2,1H3. The molecule has 2 aliphatic heterocycles. The molecule has 0 spiro atoms. The molecule has 2 unspecified atom stereocenters. The van der Waals surface area contributed by atoms with Gasteiger partial charge >= 0.3 is 11.9 Å². The Morgan fingerprint density at radius 2 is 2.35 bits per heavy atom. The van der Waals surface area contributed by atoms with E-state index in [2.05, 4.69) is 10.2 Å². The predicted octanol–water partition coefficient (Wildman–Crippen LogP) is 0.621. The topological polar surface area (TPSA) is 41.6 Å². The van der Waals surface area contributed by atoms with Gasteiger partial charge in [0.25, 0.3) is 0 Å². The Labute approximate surface area is 99.3 Å². The van der Waals surface area contributed by atoms with Gasteiger partial charge in [-0.15, -0.1) is 0 Å². The maximum Gasteiger partial charge on any atom is 0.377 e. The van der Waals surface area contributed by atoms with Crippen molar-refractivity contribution in [3.63, 3.8) is 0 Å². The Kier molecular flexibility index (Phi) is 3.63. The van der Waals surface area contributed by atoms with Gasteiger partial charge in [0.05, 0.1) is 6.42 Å². The second-order valence-corrected chi connectivity index (χ2v) is 4.82. The van der Waals surface area contributed by atoms with Crippen LogP contribution in [0.3, 0.4) is 0 Å². The fourth-order valence-corrected chi connectivity index (χ4v) is 2.50. The van der Waals surface area contributed by atoms with Crippen LogP contribution in [0.2, 0.25) is 0 Å². The van der Waals surface area contributed by atoms with E-state index in [1.807, 2.05) is 7.05 Å². The summed E-state index contributed by atoms with van der Waals surface area (Å²) in [6.45, 7) is 2.13. The molecule has 2 atom stereocenters. The number of nitrogens with one attached hydrogen (secondary N) is 1. The Hall–Kier alpha value is -0.750. The van der Waals surface area contributed by atoms with Gasteiger partial charge in [-0.05, 0) is 26.4 Å². The van der Waals surface area contributed by atoms with Crippen LogP contribution in [0.15, 0.2) is 0 Å². The molecule has 0 aromatic heterocycles. The molecule has 4 nitrogen and oxygen atoms in total. The number of likely N-dealkylation sites (tertiary alicyclic amines) is 1. The zero-order valence-corrected chi connectivity index (χ0v) is 9.92. The van der Waals surface area contributed by atoms with Gasteiger partial charge in [0.15, 0.2) is 0 Å². The van der Waals surface area contributed by atoms with Crippen molar-refractivity contribution in [2.75, 3.05) is 26.7 Å². The molecule has 0 saturated carbocycles. The summed E-state index contributed by atoms with van der Waals surface area (Å²) in [7, 11) is 1.90. The molecule has 1 N–H and O–H groups in total. The molecular formula is C11H18F2N2O2. The molecule has 0 aromatic carbocycles. The van der Waals surface area contributed by atoms with Gasteiger partial charge in [-0.25, -0.2) is 4.79 Å². The molecule has 0 aromatic rings. The number of hydrogen-bond donors (Lipinski definition) is 1. The van der Waals surface area contributed by atoms with E-state index < -0.39 is 24.4 Å². The molecule has 0 radical (unpaired) electrons. The minimum Gasteiger partial charge on any atom is -0.456 e. The van der Waals surface area contributed by atoms with Gasteiger partial charge in [0.1, 0.15) is 6.10 Å². The summed E-state index contributed by atoms with van der Waals surface area (Å²) < 4.78 is 30.7. The summed E-state index contributed by atoms with van der Waals surface area (Å²) >= 11 is 0. The Morgan fingerprint density at radius 1 is 1.59 bits per heavy atom. The number of likely N-dealkylation sites (N-methyl/N-ethyl adjacent to an activating group) is 1. The molecule has 6 heteroatoms. The summed E-state index contributed by atoms with van der Waals surface area (Å²) in [4.78, 5) is 13.0. The molecule has 98 valence electrons. The lowest BCUT2D eigenvalue weighted by Gasteiger charge is -2.33. The van der Waals surface area contributed by atoms with Gasteiger partial charge in [-0.1, -0.05) is 0 Å². The summed E-state index contributed by atoms with van der Waals surface area (Å²) in [5.74, 6) is -4.66. The summed E-state index contributed by atoms with van der Waals surface area (Å²) in [5, 5.41) is 3.19. The smallest absolute Gasteiger partial charge is 0.377 e.